The predicted molar refractivity (Wildman–Crippen MR) is 110 cm³/mol. The first kappa shape index (κ1) is 19.6. The minimum absolute atomic E-state index is 0.262. The minimum Gasteiger partial charge on any atom is -0.496 e. The summed E-state index contributed by atoms with van der Waals surface area (Å²) in [4.78, 5) is 19.3. The van der Waals surface area contributed by atoms with Gasteiger partial charge in [-0.25, -0.2) is 0 Å². The van der Waals surface area contributed by atoms with Gasteiger partial charge in [0.15, 0.2) is 0 Å². The average molecular weight is 432 g/mol. The van der Waals surface area contributed by atoms with Crippen molar-refractivity contribution in [2.24, 2.45) is 5.16 Å². The molecule has 9 heteroatoms. The summed E-state index contributed by atoms with van der Waals surface area (Å²) in [5.74, 6) is 0.672. The molecule has 1 amide bonds. The van der Waals surface area contributed by atoms with Crippen LogP contribution in [0.25, 0.3) is 0 Å². The Kier molecular flexibility index (Phi) is 5.35. The maximum absolute atomic E-state index is 12.7. The van der Waals surface area contributed by atoms with E-state index in [0.29, 0.717) is 38.4 Å². The molecular weight excluding hydrogens is 414 g/mol. The molecule has 29 heavy (non-hydrogen) atoms. The van der Waals surface area contributed by atoms with Crippen molar-refractivity contribution in [2.45, 2.75) is 31.8 Å². The summed E-state index contributed by atoms with van der Waals surface area (Å²) >= 11 is 7.70. The summed E-state index contributed by atoms with van der Waals surface area (Å²) in [6.07, 6.45) is 2.36. The number of halogens is 1. The first-order valence-electron chi connectivity index (χ1n) is 9.05. The third-order valence-electron chi connectivity index (χ3n) is 5.02. The number of oxime groups is 1. The second-order valence-corrected chi connectivity index (χ2v) is 8.20. The second-order valence-electron chi connectivity index (χ2n) is 6.69. The Hall–Kier alpha value is -2.76. The maximum Gasteiger partial charge on any atom is 0.269 e. The Morgan fingerprint density at radius 2 is 2.14 bits per heavy atom. The number of fused-ring (bicyclic) bond motifs is 1. The number of ether oxygens (including phenoxy) is 2. The van der Waals surface area contributed by atoms with Gasteiger partial charge in [0.1, 0.15) is 22.6 Å². The van der Waals surface area contributed by atoms with E-state index in [4.69, 9.17) is 25.9 Å². The molecular formula is C20H18ClN3O4S. The molecule has 0 bridgehead atoms. The average Bonchev–Trinajstić information content (AvgIpc) is 3.43. The monoisotopic (exact) mass is 431 g/mol. The van der Waals surface area contributed by atoms with Crippen LogP contribution in [0.3, 0.4) is 0 Å². The van der Waals surface area contributed by atoms with Crippen LogP contribution in [0, 0.1) is 11.3 Å². The van der Waals surface area contributed by atoms with E-state index < -0.39 is 6.10 Å². The topological polar surface area (TPSA) is 92.9 Å². The minimum atomic E-state index is -0.793. The number of nitriles is 1. The van der Waals surface area contributed by atoms with Gasteiger partial charge in [0.05, 0.1) is 30.5 Å². The van der Waals surface area contributed by atoms with Crippen LogP contribution in [-0.4, -0.2) is 31.9 Å². The van der Waals surface area contributed by atoms with E-state index in [1.165, 1.54) is 30.4 Å². The molecule has 1 N–H and O–H groups in total. The number of amides is 1. The lowest BCUT2D eigenvalue weighted by Crippen LogP contribution is -2.28. The number of nitrogens with one attached hydrogen (secondary N) is 1. The number of anilines is 1. The van der Waals surface area contributed by atoms with Crippen molar-refractivity contribution in [1.29, 1.82) is 5.26 Å². The van der Waals surface area contributed by atoms with Crippen molar-refractivity contribution in [3.8, 4) is 17.6 Å². The van der Waals surface area contributed by atoms with Crippen LogP contribution in [0.5, 0.6) is 11.5 Å². The number of nitrogens with zero attached hydrogens (tertiary/aromatic N) is 2. The van der Waals surface area contributed by atoms with Crippen molar-refractivity contribution in [3.05, 3.63) is 38.7 Å². The normalized spacial score (nSPS) is 17.2. The van der Waals surface area contributed by atoms with Crippen LogP contribution < -0.4 is 14.8 Å². The standard InChI is InChI=1S/C20H18ClN3O4S/c1-26-15-8-16(27-2)13(21)6-11(15)14-7-17(28-24-14)19(25)23-20-12(9-22)10-4-3-5-18(10)29-20/h6,8,17H,3-5,7H2,1-2H3,(H,23,25)/t17-/m1/s1. The van der Waals surface area contributed by atoms with Gasteiger partial charge in [-0.3, -0.25) is 4.79 Å². The lowest BCUT2D eigenvalue weighted by atomic mass is 10.0. The van der Waals surface area contributed by atoms with Gasteiger partial charge in [-0.05, 0) is 30.9 Å². The molecule has 7 nitrogen and oxygen atoms in total. The molecule has 1 aliphatic heterocycles. The lowest BCUT2D eigenvalue weighted by Gasteiger charge is -2.12. The zero-order chi connectivity index (χ0) is 20.5. The predicted octanol–water partition coefficient (Wildman–Crippen LogP) is 3.91. The molecule has 1 atom stereocenters. The highest BCUT2D eigenvalue weighted by atomic mass is 35.5. The smallest absolute Gasteiger partial charge is 0.269 e. The fourth-order valence-corrected chi connectivity index (χ4v) is 5.05. The van der Waals surface area contributed by atoms with Crippen LogP contribution in [0.4, 0.5) is 5.00 Å². The second kappa shape index (κ2) is 7.93. The number of methoxy groups -OCH3 is 2. The fourth-order valence-electron chi connectivity index (χ4n) is 3.57. The molecule has 1 aliphatic carbocycles. The van der Waals surface area contributed by atoms with E-state index in [1.54, 1.807) is 12.1 Å². The van der Waals surface area contributed by atoms with Crippen molar-refractivity contribution in [3.63, 3.8) is 0 Å². The molecule has 1 aromatic heterocycles. The Balaban J connectivity index is 1.50. The Morgan fingerprint density at radius 1 is 1.34 bits per heavy atom. The number of hydrogen-bond donors (Lipinski definition) is 1. The fraction of sp³-hybridized carbons (Fsp3) is 0.350. The van der Waals surface area contributed by atoms with Crippen LogP contribution in [0.1, 0.15) is 34.4 Å². The van der Waals surface area contributed by atoms with Crippen molar-refractivity contribution >= 4 is 39.6 Å². The summed E-state index contributed by atoms with van der Waals surface area (Å²) in [6, 6.07) is 5.57. The van der Waals surface area contributed by atoms with Gasteiger partial charge in [0, 0.05) is 22.9 Å². The Bertz CT molecular complexity index is 1060. The van der Waals surface area contributed by atoms with E-state index in [0.717, 1.165) is 24.8 Å². The molecule has 0 spiro atoms. The molecule has 0 saturated heterocycles. The third-order valence-corrected chi connectivity index (χ3v) is 6.52. The van der Waals surface area contributed by atoms with Crippen molar-refractivity contribution in [1.82, 2.24) is 0 Å². The SMILES string of the molecule is COc1cc(OC)c(C2=NO[C@@H](C(=O)Nc3sc4c(c3C#N)CCC4)C2)cc1Cl. The van der Waals surface area contributed by atoms with Gasteiger partial charge < -0.3 is 19.6 Å². The third kappa shape index (κ3) is 3.52. The first-order valence-corrected chi connectivity index (χ1v) is 10.2. The van der Waals surface area contributed by atoms with Gasteiger partial charge in [-0.2, -0.15) is 5.26 Å². The van der Waals surface area contributed by atoms with E-state index in [-0.39, 0.29) is 12.3 Å². The number of thiophene rings is 1. The van der Waals surface area contributed by atoms with E-state index in [2.05, 4.69) is 16.5 Å². The molecule has 4 rings (SSSR count). The molecule has 0 unspecified atom stereocenters. The number of benzene rings is 1. The number of aryl methyl sites for hydroxylation is 1. The first-order chi connectivity index (χ1) is 14.0. The molecule has 0 saturated carbocycles. The molecule has 0 fully saturated rings. The number of rotatable bonds is 5. The summed E-state index contributed by atoms with van der Waals surface area (Å²) in [7, 11) is 3.05. The summed E-state index contributed by atoms with van der Waals surface area (Å²) in [5.41, 5.74) is 2.83. The number of carbonyl (C=O) groups is 1. The zero-order valence-corrected chi connectivity index (χ0v) is 17.4. The van der Waals surface area contributed by atoms with Crippen LogP contribution in [0.15, 0.2) is 17.3 Å². The highest BCUT2D eigenvalue weighted by Gasteiger charge is 2.32. The van der Waals surface area contributed by atoms with Gasteiger partial charge in [0.25, 0.3) is 5.91 Å². The van der Waals surface area contributed by atoms with Crippen LogP contribution in [-0.2, 0) is 22.5 Å². The molecule has 1 aromatic carbocycles. The largest absolute Gasteiger partial charge is 0.496 e. The van der Waals surface area contributed by atoms with Gasteiger partial charge >= 0.3 is 0 Å². The summed E-state index contributed by atoms with van der Waals surface area (Å²) < 4.78 is 10.6. The molecule has 150 valence electrons. The summed E-state index contributed by atoms with van der Waals surface area (Å²) in [6.45, 7) is 0. The molecule has 2 aromatic rings. The highest BCUT2D eigenvalue weighted by molar-refractivity contribution is 7.16. The highest BCUT2D eigenvalue weighted by Crippen LogP contribution is 2.39. The molecule has 2 heterocycles. The van der Waals surface area contributed by atoms with Crippen molar-refractivity contribution in [2.75, 3.05) is 19.5 Å². The van der Waals surface area contributed by atoms with Gasteiger partial charge in [-0.1, -0.05) is 16.8 Å². The number of hydrogen-bond acceptors (Lipinski definition) is 7. The maximum atomic E-state index is 12.7. The van der Waals surface area contributed by atoms with E-state index >= 15 is 0 Å². The molecule has 2 aliphatic rings. The van der Waals surface area contributed by atoms with Gasteiger partial charge in [0.2, 0.25) is 6.10 Å². The quantitative estimate of drug-likeness (QED) is 0.774. The van der Waals surface area contributed by atoms with Crippen LogP contribution in [0.2, 0.25) is 5.02 Å². The van der Waals surface area contributed by atoms with E-state index in [1.807, 2.05) is 0 Å². The summed E-state index contributed by atoms with van der Waals surface area (Å²) in [5, 5.41) is 17.4. The van der Waals surface area contributed by atoms with Crippen molar-refractivity contribution < 1.29 is 19.1 Å². The lowest BCUT2D eigenvalue weighted by molar-refractivity contribution is -0.125. The van der Waals surface area contributed by atoms with E-state index in [9.17, 15) is 10.1 Å². The zero-order valence-electron chi connectivity index (χ0n) is 15.9. The van der Waals surface area contributed by atoms with Gasteiger partial charge in [-0.15, -0.1) is 11.3 Å². The Morgan fingerprint density at radius 3 is 2.86 bits per heavy atom. The Labute approximate surface area is 176 Å². The number of carbonyl (C=O) groups excluding carboxylic acids is 1. The van der Waals surface area contributed by atoms with Crippen LogP contribution >= 0.6 is 22.9 Å². The molecule has 0 radical (unpaired) electrons.